The van der Waals surface area contributed by atoms with Gasteiger partial charge in [0.1, 0.15) is 6.04 Å². The van der Waals surface area contributed by atoms with E-state index in [9.17, 15) is 13.2 Å². The topological polar surface area (TPSA) is 79.4 Å². The molecule has 0 unspecified atom stereocenters. The number of amides is 1. The lowest BCUT2D eigenvalue weighted by Gasteiger charge is -2.32. The molecular weight excluding hydrogens is 334 g/mol. The van der Waals surface area contributed by atoms with Gasteiger partial charge in [-0.1, -0.05) is 6.42 Å². The van der Waals surface area contributed by atoms with Crippen LogP contribution in [0, 0.1) is 6.92 Å². The standard InChI is InChI=1S/C15H19N3O3S2/c1-10-16-12-7-6-11(9-14(12)22-10)17-15(19)13-5-3-4-8-18(13)23(2,20)21/h6-7,9,13H,3-5,8H2,1-2H3,(H,17,19)/t13-/m1/s1. The molecule has 1 atom stereocenters. The minimum absolute atomic E-state index is 0.268. The van der Waals surface area contributed by atoms with E-state index >= 15 is 0 Å². The van der Waals surface area contributed by atoms with E-state index in [-0.39, 0.29) is 5.91 Å². The van der Waals surface area contributed by atoms with Crippen molar-refractivity contribution in [3.8, 4) is 0 Å². The first kappa shape index (κ1) is 16.4. The Morgan fingerprint density at radius 1 is 1.39 bits per heavy atom. The summed E-state index contributed by atoms with van der Waals surface area (Å²) in [5.74, 6) is -0.268. The summed E-state index contributed by atoms with van der Waals surface area (Å²) >= 11 is 1.57. The number of carbonyl (C=O) groups is 1. The number of thiazole rings is 1. The lowest BCUT2D eigenvalue weighted by molar-refractivity contribution is -0.120. The highest BCUT2D eigenvalue weighted by Gasteiger charge is 2.34. The molecule has 0 aliphatic carbocycles. The van der Waals surface area contributed by atoms with Gasteiger partial charge in [-0.2, -0.15) is 4.31 Å². The van der Waals surface area contributed by atoms with Gasteiger partial charge in [-0.05, 0) is 38.0 Å². The molecule has 2 aromatic rings. The van der Waals surface area contributed by atoms with Gasteiger partial charge in [0.25, 0.3) is 0 Å². The van der Waals surface area contributed by atoms with Crippen LogP contribution in [-0.2, 0) is 14.8 Å². The van der Waals surface area contributed by atoms with Crippen molar-refractivity contribution in [2.75, 3.05) is 18.1 Å². The second kappa shape index (κ2) is 6.18. The molecule has 1 fully saturated rings. The maximum Gasteiger partial charge on any atom is 0.242 e. The number of piperidine rings is 1. The SMILES string of the molecule is Cc1nc2ccc(NC(=O)[C@H]3CCCCN3S(C)(=O)=O)cc2s1. The van der Waals surface area contributed by atoms with E-state index in [0.717, 1.165) is 34.3 Å². The van der Waals surface area contributed by atoms with Gasteiger partial charge in [-0.15, -0.1) is 11.3 Å². The predicted molar refractivity (Wildman–Crippen MR) is 92.2 cm³/mol. The number of carbonyl (C=O) groups excluding carboxylic acids is 1. The van der Waals surface area contributed by atoms with Gasteiger partial charge in [0.2, 0.25) is 15.9 Å². The van der Waals surface area contributed by atoms with Crippen LogP contribution in [0.5, 0.6) is 0 Å². The predicted octanol–water partition coefficient (Wildman–Crippen LogP) is 2.36. The molecule has 1 aromatic heterocycles. The largest absolute Gasteiger partial charge is 0.325 e. The number of benzene rings is 1. The van der Waals surface area contributed by atoms with Crippen molar-refractivity contribution in [2.45, 2.75) is 32.2 Å². The zero-order valence-electron chi connectivity index (χ0n) is 13.1. The molecule has 0 radical (unpaired) electrons. The first-order valence-electron chi connectivity index (χ1n) is 7.49. The molecule has 8 heteroatoms. The summed E-state index contributed by atoms with van der Waals surface area (Å²) in [4.78, 5) is 16.9. The first-order chi connectivity index (χ1) is 10.8. The fourth-order valence-corrected chi connectivity index (χ4v) is 4.90. The number of hydrogen-bond donors (Lipinski definition) is 1. The molecule has 1 N–H and O–H groups in total. The summed E-state index contributed by atoms with van der Waals surface area (Å²) in [6, 6.07) is 4.92. The highest BCUT2D eigenvalue weighted by molar-refractivity contribution is 7.88. The van der Waals surface area contributed by atoms with E-state index in [4.69, 9.17) is 0 Å². The Bertz CT molecular complexity index is 845. The number of rotatable bonds is 3. The van der Waals surface area contributed by atoms with Crippen LogP contribution in [0.15, 0.2) is 18.2 Å². The lowest BCUT2D eigenvalue weighted by atomic mass is 10.0. The molecule has 6 nitrogen and oxygen atoms in total. The van der Waals surface area contributed by atoms with Crippen molar-refractivity contribution in [3.63, 3.8) is 0 Å². The molecule has 1 amide bonds. The molecule has 23 heavy (non-hydrogen) atoms. The van der Waals surface area contributed by atoms with Crippen LogP contribution in [0.1, 0.15) is 24.3 Å². The Morgan fingerprint density at radius 2 is 2.17 bits per heavy atom. The second-order valence-corrected chi connectivity index (χ2v) is 8.96. The maximum atomic E-state index is 12.5. The van der Waals surface area contributed by atoms with Crippen molar-refractivity contribution in [2.24, 2.45) is 0 Å². The fraction of sp³-hybridized carbons (Fsp3) is 0.467. The van der Waals surface area contributed by atoms with Gasteiger partial charge in [0.15, 0.2) is 0 Å². The van der Waals surface area contributed by atoms with Crippen LogP contribution in [-0.4, -0.2) is 42.5 Å². The van der Waals surface area contributed by atoms with Crippen LogP contribution in [0.4, 0.5) is 5.69 Å². The van der Waals surface area contributed by atoms with Gasteiger partial charge >= 0.3 is 0 Å². The van der Waals surface area contributed by atoms with Crippen LogP contribution in [0.25, 0.3) is 10.2 Å². The van der Waals surface area contributed by atoms with Crippen molar-refractivity contribution >= 4 is 43.2 Å². The Hall–Kier alpha value is -1.51. The highest BCUT2D eigenvalue weighted by Crippen LogP contribution is 2.26. The average Bonchev–Trinajstić information content (AvgIpc) is 2.85. The average molecular weight is 353 g/mol. The molecule has 0 saturated carbocycles. The normalized spacial score (nSPS) is 19.8. The number of aryl methyl sites for hydroxylation is 1. The summed E-state index contributed by atoms with van der Waals surface area (Å²) < 4.78 is 26.1. The summed E-state index contributed by atoms with van der Waals surface area (Å²) in [7, 11) is -3.38. The molecule has 2 heterocycles. The quantitative estimate of drug-likeness (QED) is 0.919. The smallest absolute Gasteiger partial charge is 0.242 e. The van der Waals surface area contributed by atoms with Gasteiger partial charge in [0, 0.05) is 12.2 Å². The van der Waals surface area contributed by atoms with Crippen molar-refractivity contribution < 1.29 is 13.2 Å². The Morgan fingerprint density at radius 3 is 2.91 bits per heavy atom. The third-order valence-electron chi connectivity index (χ3n) is 3.95. The van der Waals surface area contributed by atoms with Gasteiger partial charge < -0.3 is 5.32 Å². The highest BCUT2D eigenvalue weighted by atomic mass is 32.2. The minimum Gasteiger partial charge on any atom is -0.325 e. The molecule has 0 bridgehead atoms. The van der Waals surface area contributed by atoms with Crippen LogP contribution < -0.4 is 5.32 Å². The zero-order valence-corrected chi connectivity index (χ0v) is 14.7. The van der Waals surface area contributed by atoms with E-state index in [2.05, 4.69) is 10.3 Å². The van der Waals surface area contributed by atoms with Crippen molar-refractivity contribution in [1.29, 1.82) is 0 Å². The van der Waals surface area contributed by atoms with E-state index in [1.54, 1.807) is 17.4 Å². The third-order valence-corrected chi connectivity index (χ3v) is 6.17. The van der Waals surface area contributed by atoms with Crippen LogP contribution in [0.2, 0.25) is 0 Å². The van der Waals surface area contributed by atoms with E-state index in [0.29, 0.717) is 18.7 Å². The Labute approximate surface area is 139 Å². The Balaban J connectivity index is 1.81. The number of sulfonamides is 1. The van der Waals surface area contributed by atoms with Crippen LogP contribution in [0.3, 0.4) is 0 Å². The summed E-state index contributed by atoms with van der Waals surface area (Å²) in [5.41, 5.74) is 1.58. The zero-order chi connectivity index (χ0) is 16.6. The summed E-state index contributed by atoms with van der Waals surface area (Å²) in [5, 5.41) is 3.82. The number of nitrogens with zero attached hydrogens (tertiary/aromatic N) is 2. The minimum atomic E-state index is -3.38. The molecular formula is C15H19N3O3S2. The van der Waals surface area contributed by atoms with E-state index in [1.165, 1.54) is 4.31 Å². The molecule has 3 rings (SSSR count). The first-order valence-corrected chi connectivity index (χ1v) is 10.2. The molecule has 1 aliphatic heterocycles. The van der Waals surface area contributed by atoms with Gasteiger partial charge in [-0.25, -0.2) is 13.4 Å². The molecule has 124 valence electrons. The fourth-order valence-electron chi connectivity index (χ4n) is 2.91. The molecule has 1 aromatic carbocycles. The maximum absolute atomic E-state index is 12.5. The number of anilines is 1. The van der Waals surface area contributed by atoms with E-state index < -0.39 is 16.1 Å². The van der Waals surface area contributed by atoms with Gasteiger partial charge in [-0.3, -0.25) is 4.79 Å². The summed E-state index contributed by atoms with van der Waals surface area (Å²) in [6.45, 7) is 2.35. The van der Waals surface area contributed by atoms with Crippen LogP contribution >= 0.6 is 11.3 Å². The monoisotopic (exact) mass is 353 g/mol. The Kier molecular flexibility index (Phi) is 4.39. The second-order valence-electron chi connectivity index (χ2n) is 5.79. The van der Waals surface area contributed by atoms with E-state index in [1.807, 2.05) is 19.1 Å². The number of fused-ring (bicyclic) bond motifs is 1. The van der Waals surface area contributed by atoms with Crippen molar-refractivity contribution in [1.82, 2.24) is 9.29 Å². The molecule has 1 aliphatic rings. The summed E-state index contributed by atoms with van der Waals surface area (Å²) in [6.07, 6.45) is 3.37. The third kappa shape index (κ3) is 3.54. The molecule has 0 spiro atoms. The lowest BCUT2D eigenvalue weighted by Crippen LogP contribution is -2.49. The van der Waals surface area contributed by atoms with Crippen molar-refractivity contribution in [3.05, 3.63) is 23.2 Å². The number of aromatic nitrogens is 1. The molecule has 1 saturated heterocycles. The number of hydrogen-bond acceptors (Lipinski definition) is 5. The van der Waals surface area contributed by atoms with Gasteiger partial charge in [0.05, 0.1) is 21.5 Å². The number of nitrogens with one attached hydrogen (secondary N) is 1.